The summed E-state index contributed by atoms with van der Waals surface area (Å²) >= 11 is 0. The van der Waals surface area contributed by atoms with E-state index in [4.69, 9.17) is 14.2 Å². The van der Waals surface area contributed by atoms with E-state index in [2.05, 4.69) is 32.9 Å². The van der Waals surface area contributed by atoms with Crippen molar-refractivity contribution in [3.05, 3.63) is 12.2 Å². The number of carbonyl (C=O) groups is 3. The third-order valence-electron chi connectivity index (χ3n) is 15.3. The summed E-state index contributed by atoms with van der Waals surface area (Å²) in [6.45, 7) is 6.71. The number of hydrogen-bond acceptors (Lipinski definition) is 6. The number of rotatable bonds is 62. The van der Waals surface area contributed by atoms with Crippen LogP contribution in [0, 0.1) is 0 Å². The van der Waals surface area contributed by atoms with Crippen LogP contribution >= 0.6 is 0 Å². The maximum Gasteiger partial charge on any atom is 0.306 e. The molecular formula is C67H128O6. The van der Waals surface area contributed by atoms with Crippen molar-refractivity contribution in [3.8, 4) is 0 Å². The Morgan fingerprint density at radius 1 is 0.260 bits per heavy atom. The second-order valence-electron chi connectivity index (χ2n) is 22.7. The van der Waals surface area contributed by atoms with E-state index in [1.54, 1.807) is 0 Å². The predicted molar refractivity (Wildman–Crippen MR) is 317 cm³/mol. The van der Waals surface area contributed by atoms with Gasteiger partial charge in [0.15, 0.2) is 6.10 Å². The zero-order valence-electron chi connectivity index (χ0n) is 49.7. The molecule has 6 heteroatoms. The number of esters is 3. The highest BCUT2D eigenvalue weighted by Gasteiger charge is 2.19. The lowest BCUT2D eigenvalue weighted by atomic mass is 10.0. The molecule has 0 N–H and O–H groups in total. The summed E-state index contributed by atoms with van der Waals surface area (Å²) in [6, 6.07) is 0. The van der Waals surface area contributed by atoms with Crippen molar-refractivity contribution in [1.29, 1.82) is 0 Å². The van der Waals surface area contributed by atoms with Crippen molar-refractivity contribution < 1.29 is 28.6 Å². The van der Waals surface area contributed by atoms with E-state index in [0.29, 0.717) is 19.3 Å². The van der Waals surface area contributed by atoms with Gasteiger partial charge in [-0.3, -0.25) is 14.4 Å². The van der Waals surface area contributed by atoms with Gasteiger partial charge in [0.05, 0.1) is 0 Å². The van der Waals surface area contributed by atoms with Crippen LogP contribution in [0.2, 0.25) is 0 Å². The molecule has 0 fully saturated rings. The van der Waals surface area contributed by atoms with Gasteiger partial charge in [0.1, 0.15) is 13.2 Å². The van der Waals surface area contributed by atoms with Gasteiger partial charge in [0.2, 0.25) is 0 Å². The molecule has 0 amide bonds. The van der Waals surface area contributed by atoms with E-state index in [1.165, 1.54) is 283 Å². The molecule has 0 radical (unpaired) electrons. The van der Waals surface area contributed by atoms with Crippen LogP contribution in [0.3, 0.4) is 0 Å². The van der Waals surface area contributed by atoms with Crippen LogP contribution in [0.4, 0.5) is 0 Å². The highest BCUT2D eigenvalue weighted by Crippen LogP contribution is 2.18. The van der Waals surface area contributed by atoms with E-state index in [-0.39, 0.29) is 31.1 Å². The molecule has 1 atom stereocenters. The minimum absolute atomic E-state index is 0.0627. The number of unbranched alkanes of at least 4 members (excludes halogenated alkanes) is 49. The van der Waals surface area contributed by atoms with Gasteiger partial charge in [0.25, 0.3) is 0 Å². The lowest BCUT2D eigenvalue weighted by Gasteiger charge is -2.18. The van der Waals surface area contributed by atoms with Gasteiger partial charge >= 0.3 is 17.9 Å². The van der Waals surface area contributed by atoms with E-state index < -0.39 is 6.10 Å². The van der Waals surface area contributed by atoms with Crippen LogP contribution in [-0.4, -0.2) is 37.2 Å². The highest BCUT2D eigenvalue weighted by atomic mass is 16.6. The van der Waals surface area contributed by atoms with Crippen molar-refractivity contribution in [2.75, 3.05) is 13.2 Å². The van der Waals surface area contributed by atoms with Crippen molar-refractivity contribution in [2.45, 2.75) is 386 Å². The number of ether oxygens (including phenoxy) is 3. The van der Waals surface area contributed by atoms with Gasteiger partial charge in [-0.05, 0) is 44.9 Å². The number of carbonyl (C=O) groups excluding carboxylic acids is 3. The maximum absolute atomic E-state index is 12.9. The Labute approximate surface area is 456 Å². The van der Waals surface area contributed by atoms with Crippen molar-refractivity contribution in [2.24, 2.45) is 0 Å². The SMILES string of the molecule is CCCCCCCCCC/C=C\CCCCCCCCCCCCCCCCCC(=O)OCC(COC(=O)CCCCCCCCCCCCCC)OC(=O)CCCCCCCCCCCCCCCCCC. The summed E-state index contributed by atoms with van der Waals surface area (Å²) in [5.41, 5.74) is 0. The van der Waals surface area contributed by atoms with Crippen molar-refractivity contribution in [3.63, 3.8) is 0 Å². The minimum atomic E-state index is -0.764. The molecule has 0 spiro atoms. The molecule has 0 aromatic rings. The molecule has 73 heavy (non-hydrogen) atoms. The van der Waals surface area contributed by atoms with Gasteiger partial charge < -0.3 is 14.2 Å². The average Bonchev–Trinajstić information content (AvgIpc) is 3.39. The Kier molecular flexibility index (Phi) is 61.1. The average molecular weight is 1030 g/mol. The monoisotopic (exact) mass is 1030 g/mol. The van der Waals surface area contributed by atoms with Crippen LogP contribution < -0.4 is 0 Å². The molecule has 0 saturated heterocycles. The lowest BCUT2D eigenvalue weighted by molar-refractivity contribution is -0.167. The lowest BCUT2D eigenvalue weighted by Crippen LogP contribution is -2.30. The molecular weight excluding hydrogens is 901 g/mol. The second kappa shape index (κ2) is 62.7. The Bertz CT molecular complexity index is 1130. The van der Waals surface area contributed by atoms with Crippen molar-refractivity contribution in [1.82, 2.24) is 0 Å². The number of allylic oxidation sites excluding steroid dienone is 2. The summed E-state index contributed by atoms with van der Waals surface area (Å²) in [6.07, 6.45) is 73.8. The van der Waals surface area contributed by atoms with Crippen LogP contribution in [-0.2, 0) is 28.6 Å². The van der Waals surface area contributed by atoms with Gasteiger partial charge in [-0.2, -0.15) is 0 Å². The highest BCUT2D eigenvalue weighted by molar-refractivity contribution is 5.71. The molecule has 0 aliphatic carbocycles. The van der Waals surface area contributed by atoms with Gasteiger partial charge in [-0.25, -0.2) is 0 Å². The first-order valence-corrected chi connectivity index (χ1v) is 33.2. The van der Waals surface area contributed by atoms with Gasteiger partial charge in [0, 0.05) is 19.3 Å². The summed E-state index contributed by atoms with van der Waals surface area (Å²) in [5.74, 6) is -0.832. The van der Waals surface area contributed by atoms with Gasteiger partial charge in [-0.15, -0.1) is 0 Å². The number of hydrogen-bond donors (Lipinski definition) is 0. The zero-order valence-corrected chi connectivity index (χ0v) is 49.7. The standard InChI is InChI=1S/C67H128O6/c1-4-7-10-13-16-19-22-25-27-29-30-31-32-33-34-35-36-37-38-39-41-42-45-48-51-54-57-60-66(69)72-63-64(62-71-65(68)59-56-53-50-47-44-24-21-18-15-12-9-6-3)73-67(70)61-58-55-52-49-46-43-40-28-26-23-20-17-14-11-8-5-2/h29-30,64H,4-28,31-63H2,1-3H3/b30-29-. The summed E-state index contributed by atoms with van der Waals surface area (Å²) in [4.78, 5) is 38.3. The largest absolute Gasteiger partial charge is 0.462 e. The Balaban J connectivity index is 4.15. The normalized spacial score (nSPS) is 12.0. The third kappa shape index (κ3) is 60.9. The third-order valence-corrected chi connectivity index (χ3v) is 15.3. The van der Waals surface area contributed by atoms with Crippen LogP contribution in [0.1, 0.15) is 380 Å². The molecule has 0 aromatic carbocycles. The smallest absolute Gasteiger partial charge is 0.306 e. The first-order valence-electron chi connectivity index (χ1n) is 33.2. The predicted octanol–water partition coefficient (Wildman–Crippen LogP) is 22.4. The molecule has 432 valence electrons. The molecule has 0 bridgehead atoms. The Morgan fingerprint density at radius 3 is 0.685 bits per heavy atom. The van der Waals surface area contributed by atoms with E-state index in [0.717, 1.165) is 57.8 Å². The minimum Gasteiger partial charge on any atom is -0.462 e. The molecule has 0 saturated carbocycles. The van der Waals surface area contributed by atoms with E-state index >= 15 is 0 Å². The Morgan fingerprint density at radius 2 is 0.452 bits per heavy atom. The summed E-state index contributed by atoms with van der Waals surface area (Å²) in [5, 5.41) is 0. The van der Waals surface area contributed by atoms with Crippen LogP contribution in [0.25, 0.3) is 0 Å². The van der Waals surface area contributed by atoms with E-state index in [1.807, 2.05) is 0 Å². The first kappa shape index (κ1) is 71.2. The fourth-order valence-corrected chi connectivity index (χ4v) is 10.3. The molecule has 0 rings (SSSR count). The molecule has 6 nitrogen and oxygen atoms in total. The molecule has 0 aliphatic heterocycles. The molecule has 0 aromatic heterocycles. The van der Waals surface area contributed by atoms with Crippen molar-refractivity contribution >= 4 is 17.9 Å². The van der Waals surface area contributed by atoms with Crippen LogP contribution in [0.15, 0.2) is 12.2 Å². The molecule has 1 unspecified atom stereocenters. The van der Waals surface area contributed by atoms with Crippen LogP contribution in [0.5, 0.6) is 0 Å². The van der Waals surface area contributed by atoms with E-state index in [9.17, 15) is 14.4 Å². The quantitative estimate of drug-likeness (QED) is 0.0261. The topological polar surface area (TPSA) is 78.9 Å². The summed E-state index contributed by atoms with van der Waals surface area (Å²) in [7, 11) is 0. The second-order valence-corrected chi connectivity index (χ2v) is 22.7. The maximum atomic E-state index is 12.9. The Hall–Kier alpha value is -1.85. The molecule has 0 heterocycles. The zero-order chi connectivity index (χ0) is 52.9. The fraction of sp³-hybridized carbons (Fsp3) is 0.925. The first-order chi connectivity index (χ1) is 36.0. The van der Waals surface area contributed by atoms with Gasteiger partial charge in [-0.1, -0.05) is 328 Å². The fourth-order valence-electron chi connectivity index (χ4n) is 10.3. The molecule has 0 aliphatic rings. The summed E-state index contributed by atoms with van der Waals surface area (Å²) < 4.78 is 16.9.